The summed E-state index contributed by atoms with van der Waals surface area (Å²) in [4.78, 5) is 24.9. The standard InChI is InChI=1S/C20H21N5O/c1-14(2)15-6-8-16(9-7-15)25-20(26)18-11-19(24-13-23-18)22-12-17-5-3-4-10-21-17/h3-11,13-14H,12H2,1-2H3,(H,25,26)(H,22,23,24). The van der Waals surface area contributed by atoms with Crippen LogP contribution >= 0.6 is 0 Å². The molecule has 0 aliphatic heterocycles. The van der Waals surface area contributed by atoms with Gasteiger partial charge in [-0.05, 0) is 35.7 Å². The van der Waals surface area contributed by atoms with Gasteiger partial charge in [-0.25, -0.2) is 9.97 Å². The number of anilines is 2. The van der Waals surface area contributed by atoms with Crippen LogP contribution in [0.15, 0.2) is 61.1 Å². The molecule has 0 spiro atoms. The van der Waals surface area contributed by atoms with Crippen molar-refractivity contribution in [1.82, 2.24) is 15.0 Å². The molecule has 0 bridgehead atoms. The Morgan fingerprint density at radius 2 is 1.85 bits per heavy atom. The smallest absolute Gasteiger partial charge is 0.274 e. The molecule has 2 aromatic heterocycles. The third kappa shape index (κ3) is 4.63. The van der Waals surface area contributed by atoms with E-state index in [4.69, 9.17) is 0 Å². The minimum absolute atomic E-state index is 0.273. The number of pyridine rings is 1. The molecule has 3 aromatic rings. The third-order valence-corrected chi connectivity index (χ3v) is 3.91. The zero-order valence-corrected chi connectivity index (χ0v) is 14.8. The maximum atomic E-state index is 12.4. The Bertz CT molecular complexity index is 863. The van der Waals surface area contributed by atoms with Gasteiger partial charge in [0.05, 0.1) is 12.2 Å². The maximum Gasteiger partial charge on any atom is 0.274 e. The van der Waals surface area contributed by atoms with Crippen LogP contribution in [0.5, 0.6) is 0 Å². The lowest BCUT2D eigenvalue weighted by molar-refractivity contribution is 0.102. The van der Waals surface area contributed by atoms with Crippen LogP contribution in [0.3, 0.4) is 0 Å². The van der Waals surface area contributed by atoms with E-state index in [-0.39, 0.29) is 5.91 Å². The molecule has 6 nitrogen and oxygen atoms in total. The molecule has 0 unspecified atom stereocenters. The predicted molar refractivity (Wildman–Crippen MR) is 102 cm³/mol. The monoisotopic (exact) mass is 347 g/mol. The van der Waals surface area contributed by atoms with Gasteiger partial charge < -0.3 is 10.6 Å². The molecule has 0 saturated carbocycles. The molecule has 2 heterocycles. The molecule has 1 amide bonds. The highest BCUT2D eigenvalue weighted by Crippen LogP contribution is 2.17. The molecule has 2 N–H and O–H groups in total. The van der Waals surface area contributed by atoms with Crippen molar-refractivity contribution in [1.29, 1.82) is 0 Å². The lowest BCUT2D eigenvalue weighted by atomic mass is 10.0. The molecular formula is C20H21N5O. The molecule has 3 rings (SSSR count). The van der Waals surface area contributed by atoms with Crippen molar-refractivity contribution in [2.45, 2.75) is 26.3 Å². The topological polar surface area (TPSA) is 79.8 Å². The Kier molecular flexibility index (Phi) is 5.53. The van der Waals surface area contributed by atoms with Crippen molar-refractivity contribution >= 4 is 17.4 Å². The summed E-state index contributed by atoms with van der Waals surface area (Å²) in [6.07, 6.45) is 3.11. The van der Waals surface area contributed by atoms with Crippen LogP contribution in [0.1, 0.15) is 41.5 Å². The number of benzene rings is 1. The molecule has 132 valence electrons. The third-order valence-electron chi connectivity index (χ3n) is 3.91. The summed E-state index contributed by atoms with van der Waals surface area (Å²) in [5.74, 6) is 0.755. The highest BCUT2D eigenvalue weighted by Gasteiger charge is 2.10. The van der Waals surface area contributed by atoms with Gasteiger partial charge in [-0.1, -0.05) is 32.0 Å². The molecule has 0 radical (unpaired) electrons. The van der Waals surface area contributed by atoms with Crippen LogP contribution in [0.25, 0.3) is 0 Å². The Morgan fingerprint density at radius 3 is 2.54 bits per heavy atom. The van der Waals surface area contributed by atoms with Crippen molar-refractivity contribution in [2.75, 3.05) is 10.6 Å². The molecule has 0 aliphatic rings. The lowest BCUT2D eigenvalue weighted by Crippen LogP contribution is -2.14. The van der Waals surface area contributed by atoms with Crippen LogP contribution in [0.4, 0.5) is 11.5 Å². The normalized spacial score (nSPS) is 10.6. The number of hydrogen-bond donors (Lipinski definition) is 2. The van der Waals surface area contributed by atoms with Gasteiger partial charge in [-0.15, -0.1) is 0 Å². The van der Waals surface area contributed by atoms with E-state index in [0.717, 1.165) is 11.4 Å². The van der Waals surface area contributed by atoms with Crippen molar-refractivity contribution in [2.24, 2.45) is 0 Å². The number of carbonyl (C=O) groups excluding carboxylic acids is 1. The van der Waals surface area contributed by atoms with Gasteiger partial charge in [0, 0.05) is 18.0 Å². The van der Waals surface area contributed by atoms with Crippen LogP contribution in [-0.2, 0) is 6.54 Å². The van der Waals surface area contributed by atoms with Gasteiger partial charge in [0.15, 0.2) is 0 Å². The van der Waals surface area contributed by atoms with E-state index < -0.39 is 0 Å². The van der Waals surface area contributed by atoms with Gasteiger partial charge in [-0.2, -0.15) is 0 Å². The molecule has 6 heteroatoms. The number of nitrogens with zero attached hydrogens (tertiary/aromatic N) is 3. The van der Waals surface area contributed by atoms with Crippen LogP contribution in [0, 0.1) is 0 Å². The first-order valence-electron chi connectivity index (χ1n) is 8.49. The summed E-state index contributed by atoms with van der Waals surface area (Å²) in [6, 6.07) is 15.2. The number of carbonyl (C=O) groups is 1. The minimum Gasteiger partial charge on any atom is -0.364 e. The van der Waals surface area contributed by atoms with Gasteiger partial charge >= 0.3 is 0 Å². The lowest BCUT2D eigenvalue weighted by Gasteiger charge is -2.09. The maximum absolute atomic E-state index is 12.4. The second-order valence-electron chi connectivity index (χ2n) is 6.19. The Balaban J connectivity index is 1.64. The highest BCUT2D eigenvalue weighted by molar-refractivity contribution is 6.03. The van der Waals surface area contributed by atoms with Crippen LogP contribution in [0.2, 0.25) is 0 Å². The number of hydrogen-bond acceptors (Lipinski definition) is 5. The quantitative estimate of drug-likeness (QED) is 0.708. The summed E-state index contributed by atoms with van der Waals surface area (Å²) in [5.41, 5.74) is 3.16. The summed E-state index contributed by atoms with van der Waals surface area (Å²) >= 11 is 0. The summed E-state index contributed by atoms with van der Waals surface area (Å²) < 4.78 is 0. The minimum atomic E-state index is -0.273. The molecule has 1 aromatic carbocycles. The zero-order valence-electron chi connectivity index (χ0n) is 14.8. The highest BCUT2D eigenvalue weighted by atomic mass is 16.1. The number of rotatable bonds is 6. The number of nitrogens with one attached hydrogen (secondary N) is 2. The number of aromatic nitrogens is 3. The summed E-state index contributed by atoms with van der Waals surface area (Å²) in [6.45, 7) is 4.79. The SMILES string of the molecule is CC(C)c1ccc(NC(=O)c2cc(NCc3ccccn3)ncn2)cc1. The average Bonchev–Trinajstić information content (AvgIpc) is 2.68. The average molecular weight is 347 g/mol. The van der Waals surface area contributed by atoms with Crippen molar-refractivity contribution in [3.8, 4) is 0 Å². The summed E-state index contributed by atoms with van der Waals surface area (Å²) in [7, 11) is 0. The molecule has 0 fully saturated rings. The first-order chi connectivity index (χ1) is 12.6. The fourth-order valence-electron chi connectivity index (χ4n) is 2.41. The Morgan fingerprint density at radius 1 is 1.04 bits per heavy atom. The Labute approximate surface area is 152 Å². The van der Waals surface area contributed by atoms with Gasteiger partial charge in [-0.3, -0.25) is 9.78 Å². The molecule has 0 aliphatic carbocycles. The van der Waals surface area contributed by atoms with Crippen LogP contribution < -0.4 is 10.6 Å². The van der Waals surface area contributed by atoms with Crippen LogP contribution in [-0.4, -0.2) is 20.9 Å². The molecule has 0 saturated heterocycles. The van der Waals surface area contributed by atoms with Crippen molar-refractivity contribution in [3.63, 3.8) is 0 Å². The van der Waals surface area contributed by atoms with Gasteiger partial charge in [0.25, 0.3) is 5.91 Å². The fourth-order valence-corrected chi connectivity index (χ4v) is 2.41. The predicted octanol–water partition coefficient (Wildman–Crippen LogP) is 3.86. The van der Waals surface area contributed by atoms with E-state index in [1.54, 1.807) is 12.3 Å². The van der Waals surface area contributed by atoms with Gasteiger partial charge in [0.2, 0.25) is 0 Å². The van der Waals surface area contributed by atoms with E-state index in [9.17, 15) is 4.79 Å². The van der Waals surface area contributed by atoms with E-state index in [0.29, 0.717) is 24.0 Å². The van der Waals surface area contributed by atoms with Gasteiger partial charge in [0.1, 0.15) is 17.8 Å². The largest absolute Gasteiger partial charge is 0.364 e. The molecular weight excluding hydrogens is 326 g/mol. The fraction of sp³-hybridized carbons (Fsp3) is 0.200. The van der Waals surface area contributed by atoms with E-state index in [1.807, 2.05) is 42.5 Å². The van der Waals surface area contributed by atoms with Crippen molar-refractivity contribution < 1.29 is 4.79 Å². The zero-order chi connectivity index (χ0) is 18.4. The first kappa shape index (κ1) is 17.5. The molecule has 26 heavy (non-hydrogen) atoms. The first-order valence-corrected chi connectivity index (χ1v) is 8.49. The van der Waals surface area contributed by atoms with E-state index >= 15 is 0 Å². The van der Waals surface area contributed by atoms with E-state index in [2.05, 4.69) is 39.4 Å². The summed E-state index contributed by atoms with van der Waals surface area (Å²) in [5, 5.41) is 6.00. The second-order valence-corrected chi connectivity index (χ2v) is 6.19. The van der Waals surface area contributed by atoms with E-state index in [1.165, 1.54) is 11.9 Å². The molecule has 0 atom stereocenters. The second kappa shape index (κ2) is 8.20. The van der Waals surface area contributed by atoms with Crippen molar-refractivity contribution in [3.05, 3.63) is 78.0 Å². The Hall–Kier alpha value is -3.28. The number of amides is 1.